The van der Waals surface area contributed by atoms with E-state index in [1.54, 1.807) is 6.20 Å². The molecule has 0 aliphatic heterocycles. The van der Waals surface area contributed by atoms with Crippen molar-refractivity contribution in [2.75, 3.05) is 6.61 Å². The van der Waals surface area contributed by atoms with Gasteiger partial charge in [0, 0.05) is 12.4 Å². The van der Waals surface area contributed by atoms with Crippen LogP contribution < -0.4 is 5.73 Å². The highest BCUT2D eigenvalue weighted by Crippen LogP contribution is 2.23. The second-order valence-electron chi connectivity index (χ2n) is 4.10. The van der Waals surface area contributed by atoms with Crippen LogP contribution in [0.5, 0.6) is 0 Å². The van der Waals surface area contributed by atoms with Gasteiger partial charge in [-0.2, -0.15) is 0 Å². The highest BCUT2D eigenvalue weighted by molar-refractivity contribution is 5.66. The Hall–Kier alpha value is -1.71. The van der Waals surface area contributed by atoms with Crippen molar-refractivity contribution in [3.8, 4) is 11.1 Å². The molecule has 1 unspecified atom stereocenters. The van der Waals surface area contributed by atoms with Crippen LogP contribution in [0.25, 0.3) is 11.1 Å². The molecule has 17 heavy (non-hydrogen) atoms. The monoisotopic (exact) mass is 228 g/mol. The average molecular weight is 228 g/mol. The Morgan fingerprint density at radius 1 is 1.24 bits per heavy atom. The zero-order valence-corrected chi connectivity index (χ0v) is 9.80. The van der Waals surface area contributed by atoms with E-state index in [9.17, 15) is 0 Å². The van der Waals surface area contributed by atoms with Gasteiger partial charge in [-0.05, 0) is 35.2 Å². The fourth-order valence-corrected chi connectivity index (χ4v) is 1.81. The number of aryl methyl sites for hydroxylation is 1. The largest absolute Gasteiger partial charge is 0.394 e. The number of aliphatic hydroxyl groups is 1. The van der Waals surface area contributed by atoms with Crippen molar-refractivity contribution in [3.63, 3.8) is 0 Å². The number of nitrogens with zero attached hydrogens (tertiary/aromatic N) is 1. The summed E-state index contributed by atoms with van der Waals surface area (Å²) in [5.41, 5.74) is 10.2. The van der Waals surface area contributed by atoms with Crippen molar-refractivity contribution in [2.45, 2.75) is 13.0 Å². The van der Waals surface area contributed by atoms with Gasteiger partial charge in [0.25, 0.3) is 0 Å². The molecule has 1 heterocycles. The van der Waals surface area contributed by atoms with Crippen molar-refractivity contribution in [2.24, 2.45) is 5.73 Å². The molecule has 1 aromatic heterocycles. The number of pyridine rings is 1. The Balaban J connectivity index is 2.33. The van der Waals surface area contributed by atoms with Crippen molar-refractivity contribution in [3.05, 3.63) is 53.9 Å². The van der Waals surface area contributed by atoms with Crippen LogP contribution in [0.2, 0.25) is 0 Å². The van der Waals surface area contributed by atoms with Gasteiger partial charge in [0.1, 0.15) is 0 Å². The van der Waals surface area contributed by atoms with Crippen LogP contribution in [0.3, 0.4) is 0 Å². The van der Waals surface area contributed by atoms with E-state index in [2.05, 4.69) is 4.98 Å². The van der Waals surface area contributed by atoms with Gasteiger partial charge in [0.05, 0.1) is 12.6 Å². The van der Waals surface area contributed by atoms with E-state index >= 15 is 0 Å². The minimum Gasteiger partial charge on any atom is -0.394 e. The van der Waals surface area contributed by atoms with E-state index in [0.29, 0.717) is 0 Å². The molecule has 2 aromatic rings. The minimum atomic E-state index is -0.303. The molecule has 3 heteroatoms. The molecular weight excluding hydrogens is 212 g/mol. The summed E-state index contributed by atoms with van der Waals surface area (Å²) >= 11 is 0. The highest BCUT2D eigenvalue weighted by Gasteiger charge is 2.05. The van der Waals surface area contributed by atoms with E-state index in [0.717, 1.165) is 16.7 Å². The smallest absolute Gasteiger partial charge is 0.0624 e. The zero-order chi connectivity index (χ0) is 12.3. The lowest BCUT2D eigenvalue weighted by Gasteiger charge is -2.10. The van der Waals surface area contributed by atoms with E-state index in [1.165, 1.54) is 5.56 Å². The normalized spacial score (nSPS) is 12.4. The van der Waals surface area contributed by atoms with Crippen LogP contribution >= 0.6 is 0 Å². The molecule has 3 nitrogen and oxygen atoms in total. The maximum absolute atomic E-state index is 8.99. The second-order valence-corrected chi connectivity index (χ2v) is 4.10. The Kier molecular flexibility index (Phi) is 3.52. The van der Waals surface area contributed by atoms with Crippen LogP contribution in [0.15, 0.2) is 42.7 Å². The van der Waals surface area contributed by atoms with Gasteiger partial charge < -0.3 is 10.8 Å². The van der Waals surface area contributed by atoms with Crippen LogP contribution in [-0.4, -0.2) is 16.7 Å². The molecular formula is C14H16N2O. The lowest BCUT2D eigenvalue weighted by Crippen LogP contribution is -2.14. The van der Waals surface area contributed by atoms with Gasteiger partial charge in [-0.25, -0.2) is 0 Å². The number of nitrogens with two attached hydrogens (primary N) is 1. The summed E-state index contributed by atoms with van der Waals surface area (Å²) < 4.78 is 0. The van der Waals surface area contributed by atoms with E-state index in [4.69, 9.17) is 10.8 Å². The summed E-state index contributed by atoms with van der Waals surface area (Å²) in [5.74, 6) is 0. The average Bonchev–Trinajstić information content (AvgIpc) is 2.39. The standard InChI is InChI=1S/C14H16N2O/c1-10-8-16-7-6-13(10)11-2-4-12(5-3-11)14(15)9-17/h2-8,14,17H,9,15H2,1H3. The lowest BCUT2D eigenvalue weighted by molar-refractivity contribution is 0.268. The van der Waals surface area contributed by atoms with Gasteiger partial charge >= 0.3 is 0 Å². The third-order valence-corrected chi connectivity index (χ3v) is 2.87. The van der Waals surface area contributed by atoms with Crippen LogP contribution in [0, 0.1) is 6.92 Å². The van der Waals surface area contributed by atoms with Gasteiger partial charge in [-0.3, -0.25) is 4.98 Å². The predicted molar refractivity (Wildman–Crippen MR) is 68.4 cm³/mol. The zero-order valence-electron chi connectivity index (χ0n) is 9.80. The molecule has 0 aliphatic rings. The highest BCUT2D eigenvalue weighted by atomic mass is 16.3. The first-order chi connectivity index (χ1) is 8.22. The molecule has 2 rings (SSSR count). The molecule has 0 fully saturated rings. The van der Waals surface area contributed by atoms with Gasteiger partial charge in [-0.1, -0.05) is 24.3 Å². The summed E-state index contributed by atoms with van der Waals surface area (Å²) in [5, 5.41) is 8.99. The third kappa shape index (κ3) is 2.52. The SMILES string of the molecule is Cc1cnccc1-c1ccc(C(N)CO)cc1. The molecule has 0 radical (unpaired) electrons. The molecule has 0 saturated heterocycles. The van der Waals surface area contributed by atoms with Crippen molar-refractivity contribution >= 4 is 0 Å². The molecule has 0 aliphatic carbocycles. The fourth-order valence-electron chi connectivity index (χ4n) is 1.81. The molecule has 1 atom stereocenters. The minimum absolute atomic E-state index is 0.0341. The Bertz CT molecular complexity index is 494. The number of hydrogen-bond acceptors (Lipinski definition) is 3. The molecule has 0 bridgehead atoms. The maximum atomic E-state index is 8.99. The Morgan fingerprint density at radius 2 is 1.94 bits per heavy atom. The Labute approximate surface area is 101 Å². The van der Waals surface area contributed by atoms with E-state index < -0.39 is 0 Å². The van der Waals surface area contributed by atoms with E-state index in [1.807, 2.05) is 43.5 Å². The van der Waals surface area contributed by atoms with Gasteiger partial charge in [0.15, 0.2) is 0 Å². The molecule has 1 aromatic carbocycles. The summed E-state index contributed by atoms with van der Waals surface area (Å²) in [6.07, 6.45) is 3.64. The first-order valence-corrected chi connectivity index (χ1v) is 5.59. The Morgan fingerprint density at radius 3 is 2.53 bits per heavy atom. The fraction of sp³-hybridized carbons (Fsp3) is 0.214. The van der Waals surface area contributed by atoms with Crippen LogP contribution in [0.1, 0.15) is 17.2 Å². The summed E-state index contributed by atoms with van der Waals surface area (Å²) in [4.78, 5) is 4.08. The molecule has 3 N–H and O–H groups in total. The predicted octanol–water partition coefficient (Wildman–Crippen LogP) is 2.05. The first-order valence-electron chi connectivity index (χ1n) is 5.59. The molecule has 88 valence electrons. The topological polar surface area (TPSA) is 59.1 Å². The van der Waals surface area contributed by atoms with Crippen LogP contribution in [0.4, 0.5) is 0 Å². The van der Waals surface area contributed by atoms with Gasteiger partial charge in [0.2, 0.25) is 0 Å². The first kappa shape index (κ1) is 11.8. The van der Waals surface area contributed by atoms with Crippen molar-refractivity contribution < 1.29 is 5.11 Å². The summed E-state index contributed by atoms with van der Waals surface area (Å²) in [7, 11) is 0. The maximum Gasteiger partial charge on any atom is 0.0624 e. The molecule has 0 spiro atoms. The number of aromatic nitrogens is 1. The number of benzene rings is 1. The number of aliphatic hydroxyl groups excluding tert-OH is 1. The number of rotatable bonds is 3. The summed E-state index contributed by atoms with van der Waals surface area (Å²) in [6, 6.07) is 9.64. The summed E-state index contributed by atoms with van der Waals surface area (Å²) in [6.45, 7) is 2.00. The van der Waals surface area contributed by atoms with Crippen LogP contribution in [-0.2, 0) is 0 Å². The third-order valence-electron chi connectivity index (χ3n) is 2.87. The second kappa shape index (κ2) is 5.08. The molecule has 0 saturated carbocycles. The quantitative estimate of drug-likeness (QED) is 0.845. The van der Waals surface area contributed by atoms with Crippen molar-refractivity contribution in [1.29, 1.82) is 0 Å². The van der Waals surface area contributed by atoms with Crippen molar-refractivity contribution in [1.82, 2.24) is 4.98 Å². The van der Waals surface area contributed by atoms with E-state index in [-0.39, 0.29) is 12.6 Å². The lowest BCUT2D eigenvalue weighted by atomic mass is 9.99. The number of hydrogen-bond donors (Lipinski definition) is 2. The van der Waals surface area contributed by atoms with Gasteiger partial charge in [-0.15, -0.1) is 0 Å². The molecule has 0 amide bonds.